The third-order valence-corrected chi connectivity index (χ3v) is 3.43. The highest BCUT2D eigenvalue weighted by Crippen LogP contribution is 2.36. The van der Waals surface area contributed by atoms with Crippen LogP contribution in [-0.4, -0.2) is 22.6 Å². The van der Waals surface area contributed by atoms with Crippen molar-refractivity contribution in [2.45, 2.75) is 6.92 Å². The number of amides is 1. The second-order valence-corrected chi connectivity index (χ2v) is 5.16. The van der Waals surface area contributed by atoms with E-state index in [1.165, 1.54) is 24.3 Å². The fraction of sp³-hybridized carbons (Fsp3) is 0.118. The van der Waals surface area contributed by atoms with E-state index in [2.05, 4.69) is 15.2 Å². The number of rotatable bonds is 4. The minimum absolute atomic E-state index is 0.157. The summed E-state index contributed by atoms with van der Waals surface area (Å²) in [6.45, 7) is 1.55. The molecule has 0 aliphatic heterocycles. The second-order valence-electron chi connectivity index (χ2n) is 5.16. The van der Waals surface area contributed by atoms with Gasteiger partial charge in [0.05, 0.1) is 5.52 Å². The number of ether oxygens (including phenoxy) is 1. The molecule has 6 nitrogen and oxygen atoms in total. The summed E-state index contributed by atoms with van der Waals surface area (Å²) in [5, 5.41) is 18.0. The van der Waals surface area contributed by atoms with Crippen molar-refractivity contribution >= 4 is 22.5 Å². The summed E-state index contributed by atoms with van der Waals surface area (Å²) in [4.78, 5) is 14.5. The van der Waals surface area contributed by atoms with Crippen LogP contribution in [0.15, 0.2) is 52.7 Å². The summed E-state index contributed by atoms with van der Waals surface area (Å²) in [6, 6.07) is 10.8. The average molecular weight is 327 g/mol. The number of aromatic hydroxyl groups is 1. The molecule has 0 spiro atoms. The Morgan fingerprint density at radius 3 is 2.75 bits per heavy atom. The molecule has 7 heteroatoms. The van der Waals surface area contributed by atoms with Gasteiger partial charge in [-0.2, -0.15) is 0 Å². The quantitative estimate of drug-likeness (QED) is 0.710. The van der Waals surface area contributed by atoms with Crippen molar-refractivity contribution in [1.29, 1.82) is 0 Å². The average Bonchev–Trinajstić information content (AvgIpc) is 2.89. The Morgan fingerprint density at radius 2 is 2.00 bits per heavy atom. The molecule has 0 unspecified atom stereocenters. The molecule has 0 saturated carbocycles. The molecule has 2 aromatic carbocycles. The van der Waals surface area contributed by atoms with E-state index < -0.39 is 11.7 Å². The zero-order chi connectivity index (χ0) is 17.1. The number of hydrogen-bond donors (Lipinski definition) is 2. The Morgan fingerprint density at radius 1 is 1.25 bits per heavy atom. The highest BCUT2D eigenvalue weighted by molar-refractivity contribution is 5.96. The number of hydrogen-bond acceptors (Lipinski definition) is 4. The molecule has 3 rings (SSSR count). The van der Waals surface area contributed by atoms with E-state index in [1.807, 2.05) is 19.1 Å². The standard InChI is InChI=1S/C17H14FN3O3/c1-10-3-2-4-13-15(10)19-17(23)16(13)21-20-14(22)9-24-12-7-5-11(18)6-8-12/h2-8,19,23H,9H2,1H3. The van der Waals surface area contributed by atoms with E-state index in [1.54, 1.807) is 6.07 Å². The van der Waals surface area contributed by atoms with Gasteiger partial charge in [-0.05, 0) is 36.8 Å². The third kappa shape index (κ3) is 3.24. The summed E-state index contributed by atoms with van der Waals surface area (Å²) in [5.74, 6) is -0.819. The van der Waals surface area contributed by atoms with Crippen LogP contribution in [0.3, 0.4) is 0 Å². The van der Waals surface area contributed by atoms with Crippen LogP contribution in [0.4, 0.5) is 10.1 Å². The molecule has 0 saturated heterocycles. The number of halogens is 1. The minimum atomic E-state index is -0.624. The topological polar surface area (TPSA) is 87.0 Å². The number of para-hydroxylation sites is 1. The van der Waals surface area contributed by atoms with Crippen molar-refractivity contribution in [3.05, 3.63) is 53.8 Å². The summed E-state index contributed by atoms with van der Waals surface area (Å²) >= 11 is 0. The van der Waals surface area contributed by atoms with E-state index in [0.29, 0.717) is 11.1 Å². The van der Waals surface area contributed by atoms with Crippen molar-refractivity contribution in [2.24, 2.45) is 10.2 Å². The SMILES string of the molecule is Cc1cccc2c(N=NC(=O)COc3ccc(F)cc3)c(O)[nH]c12. The van der Waals surface area contributed by atoms with Gasteiger partial charge in [-0.15, -0.1) is 10.2 Å². The Labute approximate surface area is 136 Å². The van der Waals surface area contributed by atoms with Gasteiger partial charge < -0.3 is 14.8 Å². The van der Waals surface area contributed by atoms with Crippen LogP contribution in [0.25, 0.3) is 10.9 Å². The van der Waals surface area contributed by atoms with Crippen molar-refractivity contribution in [2.75, 3.05) is 6.61 Å². The maximum Gasteiger partial charge on any atom is 0.302 e. The molecule has 0 radical (unpaired) electrons. The molecule has 0 bridgehead atoms. The van der Waals surface area contributed by atoms with E-state index in [0.717, 1.165) is 11.1 Å². The van der Waals surface area contributed by atoms with Crippen LogP contribution < -0.4 is 4.74 Å². The number of carbonyl (C=O) groups excluding carboxylic acids is 1. The van der Waals surface area contributed by atoms with Crippen LogP contribution in [-0.2, 0) is 4.79 Å². The molecule has 0 aliphatic rings. The summed E-state index contributed by atoms with van der Waals surface area (Å²) in [5.41, 5.74) is 1.87. The number of benzene rings is 2. The first-order valence-electron chi connectivity index (χ1n) is 7.18. The van der Waals surface area contributed by atoms with Gasteiger partial charge in [0.1, 0.15) is 11.6 Å². The number of nitrogens with zero attached hydrogens (tertiary/aromatic N) is 2. The zero-order valence-corrected chi connectivity index (χ0v) is 12.8. The van der Waals surface area contributed by atoms with Crippen molar-refractivity contribution in [3.63, 3.8) is 0 Å². The van der Waals surface area contributed by atoms with Crippen molar-refractivity contribution < 1.29 is 19.0 Å². The van der Waals surface area contributed by atoms with Crippen molar-refractivity contribution in [1.82, 2.24) is 4.98 Å². The number of aromatic nitrogens is 1. The molecule has 0 atom stereocenters. The van der Waals surface area contributed by atoms with Gasteiger partial charge >= 0.3 is 5.91 Å². The Kier molecular flexibility index (Phi) is 4.24. The van der Waals surface area contributed by atoms with E-state index in [4.69, 9.17) is 4.74 Å². The first kappa shape index (κ1) is 15.7. The molecule has 3 aromatic rings. The third-order valence-electron chi connectivity index (χ3n) is 3.43. The fourth-order valence-electron chi connectivity index (χ4n) is 2.25. The number of azo groups is 1. The van der Waals surface area contributed by atoms with Gasteiger partial charge in [0.2, 0.25) is 5.88 Å². The minimum Gasteiger partial charge on any atom is -0.493 e. The summed E-state index contributed by atoms with van der Waals surface area (Å²) in [6.07, 6.45) is 0. The van der Waals surface area contributed by atoms with Gasteiger partial charge in [-0.1, -0.05) is 18.2 Å². The van der Waals surface area contributed by atoms with E-state index in [9.17, 15) is 14.3 Å². The van der Waals surface area contributed by atoms with Crippen LogP contribution in [0, 0.1) is 12.7 Å². The summed E-state index contributed by atoms with van der Waals surface area (Å²) < 4.78 is 18.0. The first-order valence-corrected chi connectivity index (χ1v) is 7.18. The lowest BCUT2D eigenvalue weighted by atomic mass is 10.1. The van der Waals surface area contributed by atoms with Gasteiger partial charge in [-0.3, -0.25) is 4.79 Å². The van der Waals surface area contributed by atoms with Crippen LogP contribution >= 0.6 is 0 Å². The molecule has 2 N–H and O–H groups in total. The monoisotopic (exact) mass is 327 g/mol. The number of H-pyrrole nitrogens is 1. The lowest BCUT2D eigenvalue weighted by Gasteiger charge is -2.02. The second kappa shape index (κ2) is 6.49. The number of fused-ring (bicyclic) bond motifs is 1. The maximum absolute atomic E-state index is 12.8. The Bertz CT molecular complexity index is 917. The fourth-order valence-corrected chi connectivity index (χ4v) is 2.25. The lowest BCUT2D eigenvalue weighted by molar-refractivity contribution is -0.120. The number of nitrogens with one attached hydrogen (secondary N) is 1. The Hall–Kier alpha value is -3.22. The molecule has 122 valence electrons. The highest BCUT2D eigenvalue weighted by atomic mass is 19.1. The van der Waals surface area contributed by atoms with Crippen LogP contribution in [0.1, 0.15) is 5.56 Å². The highest BCUT2D eigenvalue weighted by Gasteiger charge is 2.12. The van der Waals surface area contributed by atoms with Gasteiger partial charge in [0.25, 0.3) is 0 Å². The normalized spacial score (nSPS) is 11.2. The van der Waals surface area contributed by atoms with E-state index >= 15 is 0 Å². The van der Waals surface area contributed by atoms with Crippen molar-refractivity contribution in [3.8, 4) is 11.6 Å². The number of aryl methyl sites for hydroxylation is 1. The zero-order valence-electron chi connectivity index (χ0n) is 12.8. The molecule has 24 heavy (non-hydrogen) atoms. The molecular weight excluding hydrogens is 313 g/mol. The van der Waals surface area contributed by atoms with Crippen LogP contribution in [0.2, 0.25) is 0 Å². The Balaban J connectivity index is 1.71. The van der Waals surface area contributed by atoms with Gasteiger partial charge in [0.15, 0.2) is 12.3 Å². The number of carbonyl (C=O) groups is 1. The predicted octanol–water partition coefficient (Wildman–Crippen LogP) is 4.01. The predicted molar refractivity (Wildman–Crippen MR) is 86.1 cm³/mol. The summed E-state index contributed by atoms with van der Waals surface area (Å²) in [7, 11) is 0. The van der Waals surface area contributed by atoms with Gasteiger partial charge in [-0.25, -0.2) is 4.39 Å². The van der Waals surface area contributed by atoms with Gasteiger partial charge in [0, 0.05) is 5.39 Å². The molecule has 1 aromatic heterocycles. The van der Waals surface area contributed by atoms with E-state index in [-0.39, 0.29) is 18.2 Å². The molecule has 0 fully saturated rings. The smallest absolute Gasteiger partial charge is 0.302 e. The van der Waals surface area contributed by atoms with Crippen LogP contribution in [0.5, 0.6) is 11.6 Å². The maximum atomic E-state index is 12.8. The first-order chi connectivity index (χ1) is 11.5. The lowest BCUT2D eigenvalue weighted by Crippen LogP contribution is -2.07. The molecule has 1 amide bonds. The molecular formula is C17H14FN3O3. The molecule has 0 aliphatic carbocycles. The molecule has 1 heterocycles. The largest absolute Gasteiger partial charge is 0.493 e. The number of aromatic amines is 1.